The Morgan fingerprint density at radius 2 is 2.11 bits per heavy atom. The lowest BCUT2D eigenvalue weighted by Crippen LogP contribution is -2.39. The second-order valence-corrected chi connectivity index (χ2v) is 8.31. The number of carbonyl (C=O) groups excluding carboxylic acids is 1. The summed E-state index contributed by atoms with van der Waals surface area (Å²) in [5.41, 5.74) is 0.730. The molecular formula is C20H27ClN2O5. The third-order valence-corrected chi connectivity index (χ3v) is 6.45. The van der Waals surface area contributed by atoms with Crippen molar-refractivity contribution in [1.29, 1.82) is 0 Å². The number of rotatable bonds is 7. The molecule has 2 saturated heterocycles. The largest absolute Gasteiger partial charge is 0.454 e. The van der Waals surface area contributed by atoms with E-state index in [1.54, 1.807) is 6.07 Å². The minimum Gasteiger partial charge on any atom is -0.454 e. The van der Waals surface area contributed by atoms with E-state index in [-0.39, 0.29) is 30.6 Å². The van der Waals surface area contributed by atoms with Crippen LogP contribution in [-0.4, -0.2) is 73.6 Å². The Labute approximate surface area is 170 Å². The molecule has 1 N–H and O–H groups in total. The first-order chi connectivity index (χ1) is 13.5. The Balaban J connectivity index is 1.39. The van der Waals surface area contributed by atoms with Gasteiger partial charge in [-0.3, -0.25) is 9.69 Å². The van der Waals surface area contributed by atoms with Gasteiger partial charge in [-0.2, -0.15) is 0 Å². The highest BCUT2D eigenvalue weighted by molar-refractivity contribution is 6.31. The van der Waals surface area contributed by atoms with Crippen molar-refractivity contribution in [2.75, 3.05) is 52.8 Å². The molecule has 2 fully saturated rings. The quantitative estimate of drug-likeness (QED) is 0.690. The fraction of sp³-hybridized carbons (Fsp3) is 0.650. The van der Waals surface area contributed by atoms with Crippen molar-refractivity contribution in [2.45, 2.75) is 19.9 Å². The monoisotopic (exact) mass is 410 g/mol. The molecule has 3 aliphatic heterocycles. The lowest BCUT2D eigenvalue weighted by molar-refractivity contribution is -0.132. The van der Waals surface area contributed by atoms with Gasteiger partial charge in [0, 0.05) is 55.8 Å². The van der Waals surface area contributed by atoms with Gasteiger partial charge in [0.05, 0.1) is 19.6 Å². The molecular weight excluding hydrogens is 384 g/mol. The molecule has 0 saturated carbocycles. The summed E-state index contributed by atoms with van der Waals surface area (Å²) in [6, 6.07) is 3.74. The molecule has 2 unspecified atom stereocenters. The highest BCUT2D eigenvalue weighted by Gasteiger charge is 2.52. The predicted octanol–water partition coefficient (Wildman–Crippen LogP) is 1.75. The van der Waals surface area contributed by atoms with Crippen molar-refractivity contribution in [3.05, 3.63) is 22.7 Å². The standard InChI is InChI=1S/C20H27ClN2O5/c1-2-26-4-3-19(25)23-9-15-8-22(10-20(15,11-23)12-24)7-14-5-17-18(6-16(14)21)28-13-27-17/h5-6,15,24H,2-4,7-13H2,1H3. The SMILES string of the molecule is CCOCCC(=O)N1CC2CN(Cc3cc4c(cc3Cl)OCO4)CC2(CO)C1. The van der Waals surface area contributed by atoms with E-state index in [0.29, 0.717) is 50.0 Å². The van der Waals surface area contributed by atoms with Crippen LogP contribution in [0, 0.1) is 11.3 Å². The van der Waals surface area contributed by atoms with Crippen LogP contribution >= 0.6 is 11.6 Å². The van der Waals surface area contributed by atoms with Gasteiger partial charge >= 0.3 is 0 Å². The fourth-order valence-electron chi connectivity index (χ4n) is 4.61. The number of fused-ring (bicyclic) bond motifs is 2. The van der Waals surface area contributed by atoms with Crippen molar-refractivity contribution < 1.29 is 24.1 Å². The third-order valence-electron chi connectivity index (χ3n) is 6.10. The zero-order valence-corrected chi connectivity index (χ0v) is 16.9. The molecule has 154 valence electrons. The summed E-state index contributed by atoms with van der Waals surface area (Å²) < 4.78 is 16.1. The number of likely N-dealkylation sites (tertiary alicyclic amines) is 2. The van der Waals surface area contributed by atoms with Gasteiger partial charge in [-0.05, 0) is 24.5 Å². The molecule has 4 rings (SSSR count). The highest BCUT2D eigenvalue weighted by Crippen LogP contribution is 2.44. The highest BCUT2D eigenvalue weighted by atomic mass is 35.5. The lowest BCUT2D eigenvalue weighted by Gasteiger charge is -2.27. The number of carbonyl (C=O) groups is 1. The average Bonchev–Trinajstić information content (AvgIpc) is 3.34. The Kier molecular flexibility index (Phi) is 5.69. The molecule has 3 aliphatic rings. The number of aliphatic hydroxyl groups is 1. The van der Waals surface area contributed by atoms with Gasteiger partial charge in [-0.15, -0.1) is 0 Å². The van der Waals surface area contributed by atoms with Crippen LogP contribution in [0.25, 0.3) is 0 Å². The van der Waals surface area contributed by atoms with Crippen molar-refractivity contribution in [3.8, 4) is 11.5 Å². The van der Waals surface area contributed by atoms with Crippen molar-refractivity contribution in [3.63, 3.8) is 0 Å². The molecule has 8 heteroatoms. The van der Waals surface area contributed by atoms with Crippen LogP contribution in [0.2, 0.25) is 5.02 Å². The van der Waals surface area contributed by atoms with E-state index in [1.165, 1.54) is 0 Å². The van der Waals surface area contributed by atoms with Crippen molar-refractivity contribution in [2.24, 2.45) is 11.3 Å². The summed E-state index contributed by atoms with van der Waals surface area (Å²) in [4.78, 5) is 16.6. The Morgan fingerprint density at radius 3 is 2.82 bits per heavy atom. The van der Waals surface area contributed by atoms with Crippen LogP contribution in [0.5, 0.6) is 11.5 Å². The number of nitrogens with zero attached hydrogens (tertiary/aromatic N) is 2. The number of hydrogen-bond donors (Lipinski definition) is 1. The molecule has 3 heterocycles. The van der Waals surface area contributed by atoms with Gasteiger partial charge < -0.3 is 24.2 Å². The summed E-state index contributed by atoms with van der Waals surface area (Å²) in [5.74, 6) is 1.78. The molecule has 0 radical (unpaired) electrons. The van der Waals surface area contributed by atoms with Gasteiger partial charge in [-0.25, -0.2) is 0 Å². The van der Waals surface area contributed by atoms with Crippen molar-refractivity contribution >= 4 is 17.5 Å². The second-order valence-electron chi connectivity index (χ2n) is 7.91. The maximum Gasteiger partial charge on any atom is 0.231 e. The van der Waals surface area contributed by atoms with Crippen LogP contribution in [0.1, 0.15) is 18.9 Å². The van der Waals surface area contributed by atoms with Crippen LogP contribution < -0.4 is 9.47 Å². The zero-order valence-electron chi connectivity index (χ0n) is 16.2. The number of aliphatic hydroxyl groups excluding tert-OH is 1. The number of benzene rings is 1. The smallest absolute Gasteiger partial charge is 0.231 e. The maximum absolute atomic E-state index is 12.4. The molecule has 28 heavy (non-hydrogen) atoms. The second kappa shape index (κ2) is 8.06. The summed E-state index contributed by atoms with van der Waals surface area (Å²) in [7, 11) is 0. The first kappa shape index (κ1) is 19.8. The van der Waals surface area contributed by atoms with Gasteiger partial charge in [0.25, 0.3) is 0 Å². The first-order valence-corrected chi connectivity index (χ1v) is 10.2. The Morgan fingerprint density at radius 1 is 1.32 bits per heavy atom. The van der Waals surface area contributed by atoms with Crippen molar-refractivity contribution in [1.82, 2.24) is 9.80 Å². The van der Waals surface area contributed by atoms with E-state index in [0.717, 1.165) is 24.4 Å². The summed E-state index contributed by atoms with van der Waals surface area (Å²) in [5, 5.41) is 10.8. The molecule has 0 bridgehead atoms. The average molecular weight is 411 g/mol. The van der Waals surface area contributed by atoms with Crippen LogP contribution in [0.4, 0.5) is 0 Å². The number of ether oxygens (including phenoxy) is 3. The fourth-order valence-corrected chi connectivity index (χ4v) is 4.82. The maximum atomic E-state index is 12.4. The van der Waals surface area contributed by atoms with Gasteiger partial charge in [-0.1, -0.05) is 11.6 Å². The Bertz CT molecular complexity index is 746. The number of hydrogen-bond acceptors (Lipinski definition) is 6. The molecule has 1 aromatic rings. The van der Waals surface area contributed by atoms with Gasteiger partial charge in [0.15, 0.2) is 11.5 Å². The summed E-state index contributed by atoms with van der Waals surface area (Å²) >= 11 is 6.42. The molecule has 2 atom stereocenters. The zero-order chi connectivity index (χ0) is 19.7. The van der Waals surface area contributed by atoms with Gasteiger partial charge in [0.1, 0.15) is 0 Å². The van der Waals surface area contributed by atoms with E-state index < -0.39 is 0 Å². The molecule has 7 nitrogen and oxygen atoms in total. The van der Waals surface area contributed by atoms with Crippen LogP contribution in [0.3, 0.4) is 0 Å². The molecule has 1 amide bonds. The lowest BCUT2D eigenvalue weighted by atomic mass is 9.82. The summed E-state index contributed by atoms with van der Waals surface area (Å²) in [6.07, 6.45) is 0.401. The topological polar surface area (TPSA) is 71.5 Å². The predicted molar refractivity (Wildman–Crippen MR) is 104 cm³/mol. The van der Waals surface area contributed by atoms with Gasteiger partial charge in [0.2, 0.25) is 12.7 Å². The van der Waals surface area contributed by atoms with Crippen LogP contribution in [0.15, 0.2) is 12.1 Å². The molecule has 1 aromatic carbocycles. The first-order valence-electron chi connectivity index (χ1n) is 9.81. The molecule has 0 spiro atoms. The molecule has 0 aromatic heterocycles. The van der Waals surface area contributed by atoms with E-state index in [2.05, 4.69) is 4.90 Å². The minimum atomic E-state index is -0.260. The third kappa shape index (κ3) is 3.68. The normalized spacial score (nSPS) is 26.1. The van der Waals surface area contributed by atoms with E-state index >= 15 is 0 Å². The number of halogens is 1. The summed E-state index contributed by atoms with van der Waals surface area (Å²) in [6.45, 7) is 6.86. The van der Waals surface area contributed by atoms with Crippen LogP contribution in [-0.2, 0) is 16.1 Å². The van der Waals surface area contributed by atoms with E-state index in [1.807, 2.05) is 17.9 Å². The minimum absolute atomic E-state index is 0.0816. The van der Waals surface area contributed by atoms with E-state index in [4.69, 9.17) is 25.8 Å². The Hall–Kier alpha value is -1.54. The number of amides is 1. The molecule has 0 aliphatic carbocycles. The van der Waals surface area contributed by atoms with E-state index in [9.17, 15) is 9.90 Å².